The summed E-state index contributed by atoms with van der Waals surface area (Å²) < 4.78 is 6.55. The number of ether oxygens (including phenoxy) is 1. The number of benzene rings is 2. The molecule has 0 unspecified atom stereocenters. The van der Waals surface area contributed by atoms with Crippen molar-refractivity contribution in [1.29, 1.82) is 0 Å². The molecule has 0 atom stereocenters. The summed E-state index contributed by atoms with van der Waals surface area (Å²) in [7, 11) is 0. The van der Waals surface area contributed by atoms with Crippen molar-refractivity contribution in [2.45, 2.75) is 20.3 Å². The van der Waals surface area contributed by atoms with E-state index in [0.29, 0.717) is 22.8 Å². The third-order valence-corrected chi connectivity index (χ3v) is 4.22. The van der Waals surface area contributed by atoms with Gasteiger partial charge in [-0.3, -0.25) is 14.9 Å². The Hall–Kier alpha value is -3.26. The molecule has 0 aliphatic rings. The Morgan fingerprint density at radius 1 is 1.25 bits per heavy atom. The molecule has 9 heteroatoms. The van der Waals surface area contributed by atoms with Crippen molar-refractivity contribution in [2.75, 3.05) is 6.61 Å². The Labute approximate surface area is 165 Å². The monoisotopic (exact) mass is 400 g/mol. The maximum absolute atomic E-state index is 13.0. The fourth-order valence-corrected chi connectivity index (χ4v) is 2.66. The molecular formula is C19H17ClN4O4. The first kappa shape index (κ1) is 19.5. The molecule has 0 aliphatic carbocycles. The predicted molar refractivity (Wildman–Crippen MR) is 104 cm³/mol. The highest BCUT2D eigenvalue weighted by molar-refractivity contribution is 6.30. The van der Waals surface area contributed by atoms with E-state index < -0.39 is 10.8 Å². The fourth-order valence-electron chi connectivity index (χ4n) is 2.54. The summed E-state index contributed by atoms with van der Waals surface area (Å²) in [5.74, 6) is -0.289. The van der Waals surface area contributed by atoms with Gasteiger partial charge >= 0.3 is 6.01 Å². The van der Waals surface area contributed by atoms with Crippen molar-refractivity contribution in [1.82, 2.24) is 14.8 Å². The summed E-state index contributed by atoms with van der Waals surface area (Å²) >= 11 is 5.93. The fraction of sp³-hybridized carbons (Fsp3) is 0.211. The van der Waals surface area contributed by atoms with Crippen molar-refractivity contribution >= 4 is 23.2 Å². The Balaban J connectivity index is 2.07. The van der Waals surface area contributed by atoms with Crippen LogP contribution in [0.5, 0.6) is 6.01 Å². The van der Waals surface area contributed by atoms with E-state index in [0.717, 1.165) is 11.1 Å². The van der Waals surface area contributed by atoms with Crippen LogP contribution in [0.3, 0.4) is 0 Å². The van der Waals surface area contributed by atoms with Crippen molar-refractivity contribution in [2.24, 2.45) is 0 Å². The number of nitro groups is 1. The first-order chi connectivity index (χ1) is 13.4. The van der Waals surface area contributed by atoms with Crippen LogP contribution >= 0.6 is 11.6 Å². The average molecular weight is 401 g/mol. The van der Waals surface area contributed by atoms with Crippen LogP contribution in [0, 0.1) is 17.0 Å². The summed E-state index contributed by atoms with van der Waals surface area (Å²) in [6.45, 7) is 3.94. The molecular weight excluding hydrogens is 384 g/mol. The number of halogens is 1. The molecule has 144 valence electrons. The highest BCUT2D eigenvalue weighted by atomic mass is 35.5. The van der Waals surface area contributed by atoms with E-state index in [9.17, 15) is 14.9 Å². The van der Waals surface area contributed by atoms with Crippen LogP contribution < -0.4 is 4.74 Å². The van der Waals surface area contributed by atoms with Crippen molar-refractivity contribution < 1.29 is 14.5 Å². The van der Waals surface area contributed by atoms with Gasteiger partial charge in [-0.2, -0.15) is 9.67 Å². The summed E-state index contributed by atoms with van der Waals surface area (Å²) in [5, 5.41) is 15.9. The van der Waals surface area contributed by atoms with E-state index >= 15 is 0 Å². The topological polar surface area (TPSA) is 100 Å². The lowest BCUT2D eigenvalue weighted by Crippen LogP contribution is -2.15. The zero-order chi connectivity index (χ0) is 20.3. The van der Waals surface area contributed by atoms with Gasteiger partial charge in [0, 0.05) is 27.8 Å². The standard InChI is InChI=1S/C19H17ClN4O4/c1-3-10-28-19-21-17(13-6-8-15(20)9-7-13)23(22-19)18(25)14-5-4-12(2)16(11-14)24(26)27/h4-9,11H,3,10H2,1-2H3. The number of aryl methyl sites for hydroxylation is 1. The largest absolute Gasteiger partial charge is 0.462 e. The molecule has 8 nitrogen and oxygen atoms in total. The molecule has 0 radical (unpaired) electrons. The molecule has 0 fully saturated rings. The minimum absolute atomic E-state index is 0.0572. The van der Waals surface area contributed by atoms with Crippen LogP contribution in [-0.4, -0.2) is 32.2 Å². The molecule has 0 aliphatic heterocycles. The Morgan fingerprint density at radius 3 is 2.61 bits per heavy atom. The highest BCUT2D eigenvalue weighted by Gasteiger charge is 2.22. The number of nitrogens with zero attached hydrogens (tertiary/aromatic N) is 4. The minimum atomic E-state index is -0.549. The second-order valence-electron chi connectivity index (χ2n) is 6.05. The van der Waals surface area contributed by atoms with E-state index in [1.807, 2.05) is 6.92 Å². The van der Waals surface area contributed by atoms with Gasteiger partial charge in [-0.15, -0.1) is 5.10 Å². The maximum atomic E-state index is 13.0. The molecule has 0 saturated carbocycles. The van der Waals surface area contributed by atoms with Crippen LogP contribution in [0.1, 0.15) is 29.3 Å². The van der Waals surface area contributed by atoms with Gasteiger partial charge in [0.1, 0.15) is 0 Å². The zero-order valence-electron chi connectivity index (χ0n) is 15.3. The minimum Gasteiger partial charge on any atom is -0.462 e. The number of hydrogen-bond donors (Lipinski definition) is 0. The maximum Gasteiger partial charge on any atom is 0.336 e. The summed E-state index contributed by atoms with van der Waals surface area (Å²) in [6.07, 6.45) is 0.753. The molecule has 1 heterocycles. The van der Waals surface area contributed by atoms with Crippen molar-refractivity contribution in [3.63, 3.8) is 0 Å². The molecule has 0 amide bonds. The second-order valence-corrected chi connectivity index (χ2v) is 6.49. The van der Waals surface area contributed by atoms with Gasteiger partial charge in [-0.25, -0.2) is 0 Å². The molecule has 0 N–H and O–H groups in total. The van der Waals surface area contributed by atoms with E-state index in [1.54, 1.807) is 31.2 Å². The average Bonchev–Trinajstić information content (AvgIpc) is 3.10. The van der Waals surface area contributed by atoms with Crippen LogP contribution in [-0.2, 0) is 0 Å². The molecule has 0 bridgehead atoms. The highest BCUT2D eigenvalue weighted by Crippen LogP contribution is 2.25. The van der Waals surface area contributed by atoms with E-state index in [2.05, 4.69) is 10.1 Å². The summed E-state index contributed by atoms with van der Waals surface area (Å²) in [5.41, 5.74) is 1.06. The van der Waals surface area contributed by atoms with E-state index in [-0.39, 0.29) is 23.1 Å². The van der Waals surface area contributed by atoms with Gasteiger partial charge in [0.15, 0.2) is 5.82 Å². The Morgan fingerprint density at radius 2 is 1.96 bits per heavy atom. The van der Waals surface area contributed by atoms with Gasteiger partial charge in [-0.05, 0) is 43.7 Å². The van der Waals surface area contributed by atoms with Gasteiger partial charge in [0.2, 0.25) is 0 Å². The van der Waals surface area contributed by atoms with Crippen LogP contribution in [0.4, 0.5) is 5.69 Å². The molecule has 3 rings (SSSR count). The lowest BCUT2D eigenvalue weighted by Gasteiger charge is -2.06. The van der Waals surface area contributed by atoms with Gasteiger partial charge in [0.25, 0.3) is 11.6 Å². The van der Waals surface area contributed by atoms with Crippen LogP contribution in [0.25, 0.3) is 11.4 Å². The Kier molecular flexibility index (Phi) is 5.70. The van der Waals surface area contributed by atoms with E-state index in [4.69, 9.17) is 16.3 Å². The number of rotatable bonds is 6. The normalized spacial score (nSPS) is 10.7. The van der Waals surface area contributed by atoms with Crippen LogP contribution in [0.2, 0.25) is 5.02 Å². The van der Waals surface area contributed by atoms with E-state index in [1.165, 1.54) is 18.2 Å². The summed E-state index contributed by atoms with van der Waals surface area (Å²) in [6, 6.07) is 11.1. The number of hydrogen-bond acceptors (Lipinski definition) is 6. The van der Waals surface area contributed by atoms with Crippen molar-refractivity contribution in [3.8, 4) is 17.4 Å². The predicted octanol–water partition coefficient (Wildman–Crippen LogP) is 4.29. The van der Waals surface area contributed by atoms with Gasteiger partial charge in [-0.1, -0.05) is 24.6 Å². The third kappa shape index (κ3) is 4.01. The number of carbonyl (C=O) groups excluding carboxylic acids is 1. The molecule has 3 aromatic rings. The molecule has 28 heavy (non-hydrogen) atoms. The Bertz CT molecular complexity index is 1030. The molecule has 2 aromatic carbocycles. The van der Waals surface area contributed by atoms with Gasteiger partial charge < -0.3 is 4.74 Å². The lowest BCUT2D eigenvalue weighted by atomic mass is 10.1. The molecule has 1 aromatic heterocycles. The van der Waals surface area contributed by atoms with Gasteiger partial charge in [0.05, 0.1) is 11.5 Å². The zero-order valence-corrected chi connectivity index (χ0v) is 16.0. The quantitative estimate of drug-likeness (QED) is 0.452. The smallest absolute Gasteiger partial charge is 0.336 e. The summed E-state index contributed by atoms with van der Waals surface area (Å²) in [4.78, 5) is 28.0. The first-order valence-electron chi connectivity index (χ1n) is 8.56. The van der Waals surface area contributed by atoms with Crippen molar-refractivity contribution in [3.05, 3.63) is 68.7 Å². The number of nitro benzene ring substituents is 1. The SMILES string of the molecule is CCCOc1nc(-c2ccc(Cl)cc2)n(C(=O)c2ccc(C)c([N+](=O)[O-])c2)n1. The third-order valence-electron chi connectivity index (χ3n) is 3.97. The number of aromatic nitrogens is 3. The number of carbonyl (C=O) groups is 1. The second kappa shape index (κ2) is 8.18. The lowest BCUT2D eigenvalue weighted by molar-refractivity contribution is -0.385. The molecule has 0 spiro atoms. The molecule has 0 saturated heterocycles. The van der Waals surface area contributed by atoms with Crippen LogP contribution in [0.15, 0.2) is 42.5 Å². The first-order valence-corrected chi connectivity index (χ1v) is 8.94.